The van der Waals surface area contributed by atoms with Crippen LogP contribution >= 0.6 is 0 Å². The van der Waals surface area contributed by atoms with Crippen LogP contribution in [0, 0.1) is 0 Å². The van der Waals surface area contributed by atoms with Gasteiger partial charge in [-0.05, 0) is 94.8 Å². The van der Waals surface area contributed by atoms with E-state index in [1.54, 1.807) is 37.5 Å². The van der Waals surface area contributed by atoms with Crippen molar-refractivity contribution >= 4 is 53.4 Å². The third-order valence-electron chi connectivity index (χ3n) is 10.8. The molecule has 0 fully saturated rings. The monoisotopic (exact) mass is 879 g/mol. The second-order valence-corrected chi connectivity index (χ2v) is 19.3. The highest BCUT2D eigenvalue weighted by atomic mass is 32.2. The molecule has 324 valence electrons. The molecule has 0 aliphatic carbocycles. The number of nitrogens with zero attached hydrogens (tertiary/aromatic N) is 2. The lowest BCUT2D eigenvalue weighted by Crippen LogP contribution is -2.33. The van der Waals surface area contributed by atoms with Crippen molar-refractivity contribution < 1.29 is 62.9 Å². The summed E-state index contributed by atoms with van der Waals surface area (Å²) in [4.78, 5) is 12.6. The summed E-state index contributed by atoms with van der Waals surface area (Å²) in [6.07, 6.45) is 15.6. The van der Waals surface area contributed by atoms with Gasteiger partial charge in [-0.25, -0.2) is 0 Å². The Morgan fingerprint density at radius 2 is 1.42 bits per heavy atom. The van der Waals surface area contributed by atoms with Gasteiger partial charge in [-0.1, -0.05) is 30.4 Å². The van der Waals surface area contributed by atoms with E-state index in [9.17, 15) is 43.7 Å². The van der Waals surface area contributed by atoms with E-state index in [4.69, 9.17) is 14.6 Å². The van der Waals surface area contributed by atoms with Gasteiger partial charge in [-0.15, -0.1) is 0 Å². The smallest absolute Gasteiger partial charge is 0.303 e. The summed E-state index contributed by atoms with van der Waals surface area (Å²) in [6, 6.07) is 8.86. The third-order valence-corrected chi connectivity index (χ3v) is 13.3. The minimum atomic E-state index is -4.52. The van der Waals surface area contributed by atoms with E-state index in [1.807, 2.05) is 50.0 Å². The molecule has 59 heavy (non-hydrogen) atoms. The molecule has 0 amide bonds. The summed E-state index contributed by atoms with van der Waals surface area (Å²) in [5, 5.41) is 9.11. The molecule has 4 rings (SSSR count). The van der Waals surface area contributed by atoms with Crippen molar-refractivity contribution in [3.63, 3.8) is 0 Å². The van der Waals surface area contributed by atoms with Gasteiger partial charge in [0.2, 0.25) is 5.69 Å². The molecule has 2 aromatic rings. The van der Waals surface area contributed by atoms with Crippen LogP contribution in [0.2, 0.25) is 0 Å². The predicted octanol–water partition coefficient (Wildman–Crippen LogP) is 6.25. The van der Waals surface area contributed by atoms with E-state index in [1.165, 1.54) is 24.3 Å². The van der Waals surface area contributed by atoms with Crippen LogP contribution < -0.4 is 4.90 Å². The van der Waals surface area contributed by atoms with E-state index < -0.39 is 52.9 Å². The minimum Gasteiger partial charge on any atom is -0.481 e. The Morgan fingerprint density at radius 3 is 2.05 bits per heavy atom. The first kappa shape index (κ1) is 47.7. The number of carboxylic acids is 1. The van der Waals surface area contributed by atoms with Crippen LogP contribution in [0.25, 0.3) is 0 Å². The number of methoxy groups -OCH3 is 1. The van der Waals surface area contributed by atoms with Crippen molar-refractivity contribution in [1.29, 1.82) is 0 Å². The summed E-state index contributed by atoms with van der Waals surface area (Å²) in [5.41, 5.74) is 2.79. The molecular weight excluding hydrogens is 825 g/mol. The Balaban J connectivity index is 1.69. The molecule has 2 aromatic carbocycles. The van der Waals surface area contributed by atoms with Crippen molar-refractivity contribution in [1.82, 2.24) is 0 Å². The number of likely N-dealkylation sites (N-methyl/N-ethyl adjacent to an activating group) is 1. The Morgan fingerprint density at radius 1 is 0.780 bits per heavy atom. The number of benzene rings is 2. The molecule has 0 radical (unpaired) electrons. The average Bonchev–Trinajstić information content (AvgIpc) is 3.52. The van der Waals surface area contributed by atoms with Gasteiger partial charge in [-0.3, -0.25) is 18.5 Å². The maximum absolute atomic E-state index is 12.2. The van der Waals surface area contributed by atoms with Gasteiger partial charge in [0.1, 0.15) is 6.54 Å². The number of aliphatic carboxylic acids is 1. The number of carboxylic acid groups (broad SMARTS) is 1. The van der Waals surface area contributed by atoms with Crippen molar-refractivity contribution in [2.75, 3.05) is 50.7 Å². The highest BCUT2D eigenvalue weighted by Crippen LogP contribution is 2.51. The Bertz CT molecular complexity index is 2350. The molecular formula is C41H55N2O13S3+. The molecule has 2 aliphatic heterocycles. The molecule has 0 spiro atoms. The molecule has 2 heterocycles. The van der Waals surface area contributed by atoms with Crippen LogP contribution in [0.15, 0.2) is 94.4 Å². The Kier molecular flexibility index (Phi) is 16.2. The number of unbranched alkanes of at least 4 members (excludes halogenated alkanes) is 2. The molecule has 0 bridgehead atoms. The molecule has 4 N–H and O–H groups in total. The topological polar surface area (TPSA) is 225 Å². The largest absolute Gasteiger partial charge is 0.481 e. The second-order valence-electron chi connectivity index (χ2n) is 14.9. The first-order valence-electron chi connectivity index (χ1n) is 19.3. The van der Waals surface area contributed by atoms with Gasteiger partial charge in [0, 0.05) is 67.6 Å². The van der Waals surface area contributed by atoms with Crippen LogP contribution in [0.5, 0.6) is 0 Å². The number of anilines is 1. The summed E-state index contributed by atoms with van der Waals surface area (Å²) in [5.74, 6) is -1.34. The van der Waals surface area contributed by atoms with Crippen LogP contribution in [0.1, 0.15) is 76.8 Å². The number of hydrogen-bond acceptors (Lipinski definition) is 10. The molecule has 0 aromatic heterocycles. The maximum atomic E-state index is 12.2. The number of ether oxygens (including phenoxy) is 2. The summed E-state index contributed by atoms with van der Waals surface area (Å²) < 4.78 is 114. The van der Waals surface area contributed by atoms with Gasteiger partial charge in [0.05, 0.1) is 34.2 Å². The second kappa shape index (κ2) is 20.0. The number of rotatable bonds is 23. The summed E-state index contributed by atoms with van der Waals surface area (Å²) >= 11 is 0. The highest BCUT2D eigenvalue weighted by Gasteiger charge is 2.48. The lowest BCUT2D eigenvalue weighted by molar-refractivity contribution is -0.438. The summed E-state index contributed by atoms with van der Waals surface area (Å²) in [6.45, 7) is 7.91. The first-order valence-corrected chi connectivity index (χ1v) is 23.8. The normalized spacial score (nSPS) is 20.5. The van der Waals surface area contributed by atoms with E-state index in [0.29, 0.717) is 75.4 Å². The minimum absolute atomic E-state index is 0.0575. The van der Waals surface area contributed by atoms with Gasteiger partial charge in [-0.2, -0.15) is 29.8 Å². The van der Waals surface area contributed by atoms with Crippen LogP contribution in [-0.4, -0.2) is 106 Å². The quantitative estimate of drug-likeness (QED) is 0.0419. The third kappa shape index (κ3) is 12.1. The molecule has 18 heteroatoms. The number of allylic oxidation sites excluding steroid dienone is 8. The first-order chi connectivity index (χ1) is 27.7. The van der Waals surface area contributed by atoms with E-state index in [2.05, 4.69) is 4.58 Å². The average molecular weight is 880 g/mol. The molecule has 2 unspecified atom stereocenters. The van der Waals surface area contributed by atoms with E-state index in [0.717, 1.165) is 17.1 Å². The zero-order chi connectivity index (χ0) is 43.6. The predicted molar refractivity (Wildman–Crippen MR) is 225 cm³/mol. The van der Waals surface area contributed by atoms with Gasteiger partial charge < -0.3 is 19.5 Å². The van der Waals surface area contributed by atoms with Gasteiger partial charge >= 0.3 is 5.97 Å². The zero-order valence-electron chi connectivity index (χ0n) is 33.8. The van der Waals surface area contributed by atoms with E-state index in [-0.39, 0.29) is 29.1 Å². The van der Waals surface area contributed by atoms with Crippen LogP contribution in [0.3, 0.4) is 0 Å². The maximum Gasteiger partial charge on any atom is 0.303 e. The van der Waals surface area contributed by atoms with Gasteiger partial charge in [0.25, 0.3) is 30.4 Å². The molecule has 2 aliphatic rings. The lowest BCUT2D eigenvalue weighted by atomic mass is 9.76. The van der Waals surface area contributed by atoms with E-state index >= 15 is 0 Å². The molecule has 0 saturated carbocycles. The fourth-order valence-corrected chi connectivity index (χ4v) is 9.35. The van der Waals surface area contributed by atoms with Gasteiger partial charge in [0.15, 0.2) is 5.71 Å². The van der Waals surface area contributed by atoms with Crippen LogP contribution in [0.4, 0.5) is 11.4 Å². The summed E-state index contributed by atoms with van der Waals surface area (Å²) in [7, 11) is -11.7. The highest BCUT2D eigenvalue weighted by molar-refractivity contribution is 7.86. The standard InChI is InChI=1S/C41H54N2O13S3/c1-5-42-35-20-18-31(58(49,50)51)29-33(35)40(2,22-14-28-57(46,47)48)37(42)15-10-7-6-8-11-16-38-41(3,23-25-56-27-26-55-4)34-30-32(59(52,53)54)19-21-36(34)43(38)24-13-9-12-17-39(44)45/h6-8,10-11,15-16,18-21,29-30H,5,9,12-14,17,22-28H2,1-4H3,(H3-,44,45,46,47,48,49,50,51,52,53,54)/p+1. The van der Waals surface area contributed by atoms with Crippen molar-refractivity contribution in [3.8, 4) is 0 Å². The van der Waals surface area contributed by atoms with Crippen molar-refractivity contribution in [2.24, 2.45) is 0 Å². The number of carbonyl (C=O) groups is 1. The SMILES string of the molecule is CCN1/C(=C/C=C/C=C/C=C/C2=[N+](CCCCCC(=O)O)c3ccc(S(=O)(=O)O)cc3C2(C)CCOCCOC)C(C)(CCCS(=O)(=O)O)c2cc(S(=O)(=O)O)ccc21. The Hall–Kier alpha value is -4.01. The van der Waals surface area contributed by atoms with Crippen molar-refractivity contribution in [3.05, 3.63) is 95.8 Å². The fraction of sp³-hybridized carbons (Fsp3) is 0.463. The number of fused-ring (bicyclic) bond motifs is 2. The fourth-order valence-electron chi connectivity index (χ4n) is 7.83. The molecule has 15 nitrogen and oxygen atoms in total. The lowest BCUT2D eigenvalue weighted by Gasteiger charge is -2.30. The zero-order valence-corrected chi connectivity index (χ0v) is 36.2. The Labute approximate surface area is 347 Å². The van der Waals surface area contributed by atoms with Crippen LogP contribution in [-0.2, 0) is 55.5 Å². The molecule has 0 saturated heterocycles. The molecule has 2 atom stereocenters. The number of hydrogen-bond donors (Lipinski definition) is 4. The van der Waals surface area contributed by atoms with Crippen molar-refractivity contribution in [2.45, 2.75) is 86.3 Å².